The van der Waals surface area contributed by atoms with Gasteiger partial charge >= 0.3 is 6.18 Å². The molecule has 11 heteroatoms. The highest BCUT2D eigenvalue weighted by atomic mass is 32.2. The Bertz CT molecular complexity index is 1450. The van der Waals surface area contributed by atoms with Crippen LogP contribution in [0.25, 0.3) is 11.1 Å². The van der Waals surface area contributed by atoms with Gasteiger partial charge in [-0.25, -0.2) is 8.42 Å². The summed E-state index contributed by atoms with van der Waals surface area (Å²) >= 11 is 0. The van der Waals surface area contributed by atoms with Crippen LogP contribution in [0.2, 0.25) is 0 Å². The van der Waals surface area contributed by atoms with E-state index in [1.807, 2.05) is 6.07 Å². The minimum atomic E-state index is -4.42. The molecule has 0 atom stereocenters. The summed E-state index contributed by atoms with van der Waals surface area (Å²) in [6.07, 6.45) is -3.19. The molecular formula is C26H24F3N3O4S. The van der Waals surface area contributed by atoms with Crippen molar-refractivity contribution in [2.24, 2.45) is 10.9 Å². The highest BCUT2D eigenvalue weighted by molar-refractivity contribution is 7.92. The molecule has 7 nitrogen and oxygen atoms in total. The summed E-state index contributed by atoms with van der Waals surface area (Å²) in [7, 11) is -3.95. The largest absolute Gasteiger partial charge is 0.416 e. The molecule has 2 aliphatic heterocycles. The summed E-state index contributed by atoms with van der Waals surface area (Å²) in [6, 6.07) is 16.0. The number of amidine groups is 1. The van der Waals surface area contributed by atoms with Crippen LogP contribution in [0, 0.1) is 0 Å². The van der Waals surface area contributed by atoms with Crippen LogP contribution in [-0.2, 0) is 26.4 Å². The van der Waals surface area contributed by atoms with Gasteiger partial charge in [-0.1, -0.05) is 23.4 Å². The topological polar surface area (TPSA) is 105 Å². The Hall–Kier alpha value is -3.57. The highest BCUT2D eigenvalue weighted by Gasteiger charge is 2.47. The maximum atomic E-state index is 13.7. The number of oxime groups is 1. The Morgan fingerprint density at radius 3 is 2.19 bits per heavy atom. The third kappa shape index (κ3) is 4.42. The molecule has 0 radical (unpaired) electrons. The van der Waals surface area contributed by atoms with Gasteiger partial charge in [0.25, 0.3) is 10.0 Å². The number of rotatable bonds is 4. The van der Waals surface area contributed by atoms with Crippen LogP contribution in [0.3, 0.4) is 0 Å². The smallest absolute Gasteiger partial charge is 0.409 e. The zero-order chi connectivity index (χ0) is 26.4. The van der Waals surface area contributed by atoms with Crippen LogP contribution in [0.5, 0.6) is 0 Å². The second-order valence-electron chi connectivity index (χ2n) is 9.22. The quantitative estimate of drug-likeness (QED) is 0.219. The fourth-order valence-corrected chi connectivity index (χ4v) is 6.61. The maximum Gasteiger partial charge on any atom is 0.416 e. The van der Waals surface area contributed by atoms with Gasteiger partial charge in [0.2, 0.25) is 0 Å². The van der Waals surface area contributed by atoms with Crippen molar-refractivity contribution in [1.82, 2.24) is 0 Å². The number of halogens is 3. The molecule has 3 aromatic carbocycles. The zero-order valence-corrected chi connectivity index (χ0v) is 20.4. The molecular weight excluding hydrogens is 507 g/mol. The summed E-state index contributed by atoms with van der Waals surface area (Å²) in [5.41, 5.74) is 7.47. The van der Waals surface area contributed by atoms with Crippen molar-refractivity contribution in [1.29, 1.82) is 0 Å². The molecule has 0 bridgehead atoms. The van der Waals surface area contributed by atoms with Crippen molar-refractivity contribution in [3.8, 4) is 11.1 Å². The molecule has 3 N–H and O–H groups in total. The number of anilines is 1. The third-order valence-electron chi connectivity index (χ3n) is 7.12. The zero-order valence-electron chi connectivity index (χ0n) is 19.6. The van der Waals surface area contributed by atoms with Crippen LogP contribution >= 0.6 is 0 Å². The van der Waals surface area contributed by atoms with Gasteiger partial charge in [-0.05, 0) is 78.1 Å². The normalized spacial score (nSPS) is 17.7. The lowest BCUT2D eigenvalue weighted by Gasteiger charge is -2.34. The Labute approximate surface area is 212 Å². The first-order valence-corrected chi connectivity index (χ1v) is 13.0. The van der Waals surface area contributed by atoms with E-state index in [0.717, 1.165) is 17.7 Å². The Morgan fingerprint density at radius 1 is 0.973 bits per heavy atom. The van der Waals surface area contributed by atoms with Crippen molar-refractivity contribution < 1.29 is 31.5 Å². The van der Waals surface area contributed by atoms with Gasteiger partial charge in [0.05, 0.1) is 16.1 Å². The van der Waals surface area contributed by atoms with Gasteiger partial charge in [0, 0.05) is 30.7 Å². The lowest BCUT2D eigenvalue weighted by Crippen LogP contribution is -2.40. The predicted octanol–water partition coefficient (Wildman–Crippen LogP) is 4.72. The number of benzene rings is 3. The molecule has 5 rings (SSSR count). The number of ether oxygens (including phenoxy) is 1. The van der Waals surface area contributed by atoms with Gasteiger partial charge < -0.3 is 15.7 Å². The van der Waals surface area contributed by atoms with Crippen molar-refractivity contribution >= 4 is 21.5 Å². The number of hydrogen-bond donors (Lipinski definition) is 2. The number of nitrogens with two attached hydrogens (primary N) is 1. The first kappa shape index (κ1) is 25.1. The van der Waals surface area contributed by atoms with E-state index < -0.39 is 27.2 Å². The summed E-state index contributed by atoms with van der Waals surface area (Å²) in [6.45, 7) is 1.19. The van der Waals surface area contributed by atoms with Gasteiger partial charge in [-0.2, -0.15) is 13.2 Å². The van der Waals surface area contributed by atoms with Gasteiger partial charge in [-0.3, -0.25) is 4.31 Å². The molecule has 0 saturated carbocycles. The first-order chi connectivity index (χ1) is 17.5. The van der Waals surface area contributed by atoms with Crippen molar-refractivity contribution in [2.45, 2.75) is 29.3 Å². The third-order valence-corrected chi connectivity index (χ3v) is 8.90. The molecule has 1 spiro atoms. The number of nitrogens with zero attached hydrogens (tertiary/aromatic N) is 2. The molecule has 37 heavy (non-hydrogen) atoms. The number of hydrogen-bond acceptors (Lipinski definition) is 5. The number of sulfonamides is 1. The summed E-state index contributed by atoms with van der Waals surface area (Å²) in [5, 5.41) is 11.8. The van der Waals surface area contributed by atoms with Crippen LogP contribution in [0.15, 0.2) is 76.8 Å². The fourth-order valence-electron chi connectivity index (χ4n) is 5.04. The average molecular weight is 532 g/mol. The summed E-state index contributed by atoms with van der Waals surface area (Å²) < 4.78 is 73.5. The van der Waals surface area contributed by atoms with E-state index in [0.29, 0.717) is 48.4 Å². The summed E-state index contributed by atoms with van der Waals surface area (Å²) in [4.78, 5) is 0.0591. The molecule has 1 saturated heterocycles. The lowest BCUT2D eigenvalue weighted by molar-refractivity contribution is -0.137. The minimum absolute atomic E-state index is 0.0591. The molecule has 0 aliphatic carbocycles. The van der Waals surface area contributed by atoms with Gasteiger partial charge in [-0.15, -0.1) is 0 Å². The SMILES string of the molecule is N/C(=N\O)c1ccc(S(=O)(=O)N2CC3(CCOCC3)c3cc(-c4ccc(C(F)(F)F)cc4)ccc32)cc1. The van der Waals surface area contributed by atoms with E-state index in [9.17, 15) is 21.6 Å². The van der Waals surface area contributed by atoms with Crippen LogP contribution in [0.1, 0.15) is 29.5 Å². The van der Waals surface area contributed by atoms with E-state index in [4.69, 9.17) is 15.7 Å². The Morgan fingerprint density at radius 2 is 1.59 bits per heavy atom. The summed E-state index contributed by atoms with van der Waals surface area (Å²) in [5.74, 6) is -0.132. The Balaban J connectivity index is 1.56. The molecule has 0 aromatic heterocycles. The van der Waals surface area contributed by atoms with Gasteiger partial charge in [0.1, 0.15) is 0 Å². The molecule has 194 valence electrons. The van der Waals surface area contributed by atoms with E-state index in [1.165, 1.54) is 40.7 Å². The standard InChI is InChI=1S/C26H24F3N3O4S/c27-26(28,29)20-6-1-17(2-7-20)19-5-10-23-22(15-19)25(11-13-36-14-12-25)16-32(23)37(34,35)21-8-3-18(4-9-21)24(30)31-33/h1-10,15,33H,11-14,16H2,(H2,30,31). The molecule has 1 fully saturated rings. The highest BCUT2D eigenvalue weighted by Crippen LogP contribution is 2.49. The van der Waals surface area contributed by atoms with Crippen molar-refractivity contribution in [3.05, 3.63) is 83.4 Å². The number of fused-ring (bicyclic) bond motifs is 2. The Kier molecular flexibility index (Phi) is 6.15. The van der Waals surface area contributed by atoms with E-state index in [1.54, 1.807) is 12.1 Å². The number of alkyl halides is 3. The lowest BCUT2D eigenvalue weighted by atomic mass is 9.75. The monoisotopic (exact) mass is 531 g/mol. The van der Waals surface area contributed by atoms with Crippen molar-refractivity contribution in [3.63, 3.8) is 0 Å². The molecule has 3 aromatic rings. The predicted molar refractivity (Wildman–Crippen MR) is 132 cm³/mol. The average Bonchev–Trinajstić information content (AvgIpc) is 3.22. The minimum Gasteiger partial charge on any atom is -0.409 e. The van der Waals surface area contributed by atoms with Crippen LogP contribution in [0.4, 0.5) is 18.9 Å². The molecule has 0 amide bonds. The maximum absolute atomic E-state index is 13.7. The van der Waals surface area contributed by atoms with Gasteiger partial charge in [0.15, 0.2) is 5.84 Å². The molecule has 0 unspecified atom stereocenters. The van der Waals surface area contributed by atoms with Crippen LogP contribution in [-0.4, -0.2) is 39.2 Å². The van der Waals surface area contributed by atoms with E-state index in [2.05, 4.69) is 5.16 Å². The first-order valence-electron chi connectivity index (χ1n) is 11.6. The second kappa shape index (κ2) is 9.07. The van der Waals surface area contributed by atoms with E-state index >= 15 is 0 Å². The fraction of sp³-hybridized carbons (Fsp3) is 0.269. The second-order valence-corrected chi connectivity index (χ2v) is 11.1. The van der Waals surface area contributed by atoms with Crippen molar-refractivity contribution in [2.75, 3.05) is 24.1 Å². The van der Waals surface area contributed by atoms with Crippen LogP contribution < -0.4 is 10.0 Å². The molecule has 2 aliphatic rings. The molecule has 2 heterocycles. The van der Waals surface area contributed by atoms with E-state index in [-0.39, 0.29) is 17.3 Å².